The Labute approximate surface area is 96.5 Å². The molecule has 0 aromatic heterocycles. The van der Waals surface area contributed by atoms with E-state index in [1.165, 1.54) is 5.57 Å². The summed E-state index contributed by atoms with van der Waals surface area (Å²) in [5, 5.41) is 0. The van der Waals surface area contributed by atoms with Crippen molar-refractivity contribution in [1.29, 1.82) is 0 Å². The molecule has 0 aliphatic rings. The molecule has 0 atom stereocenters. The van der Waals surface area contributed by atoms with E-state index in [0.29, 0.717) is 5.92 Å². The highest BCUT2D eigenvalue weighted by Gasteiger charge is 2.10. The fourth-order valence-electron chi connectivity index (χ4n) is 1.25. The Morgan fingerprint density at radius 2 is 1.33 bits per heavy atom. The van der Waals surface area contributed by atoms with Crippen LogP contribution < -0.4 is 0 Å². The lowest BCUT2D eigenvalue weighted by Gasteiger charge is -2.18. The summed E-state index contributed by atoms with van der Waals surface area (Å²) in [6, 6.07) is 0. The lowest BCUT2D eigenvalue weighted by atomic mass is 9.87. The van der Waals surface area contributed by atoms with Crippen molar-refractivity contribution in [1.82, 2.24) is 0 Å². The Balaban J connectivity index is 4.87. The van der Waals surface area contributed by atoms with Gasteiger partial charge < -0.3 is 0 Å². The molecule has 0 heterocycles. The summed E-state index contributed by atoms with van der Waals surface area (Å²) in [6.45, 7) is 18.0. The van der Waals surface area contributed by atoms with Gasteiger partial charge in [0.1, 0.15) is 0 Å². The van der Waals surface area contributed by atoms with Gasteiger partial charge in [-0.1, -0.05) is 73.6 Å². The van der Waals surface area contributed by atoms with Gasteiger partial charge in [-0.15, -0.1) is 0 Å². The highest BCUT2D eigenvalue weighted by atomic mass is 14.2. The molecule has 0 fully saturated rings. The van der Waals surface area contributed by atoms with Gasteiger partial charge in [-0.25, -0.2) is 0 Å². The molecular formula is C15H28. The smallest absolute Gasteiger partial charge is 0.0197 e. The molecule has 88 valence electrons. The van der Waals surface area contributed by atoms with Gasteiger partial charge in [0.05, 0.1) is 0 Å². The zero-order valence-electron chi connectivity index (χ0n) is 11.8. The van der Waals surface area contributed by atoms with Crippen LogP contribution in [0.15, 0.2) is 23.8 Å². The number of rotatable bonds is 2. The van der Waals surface area contributed by atoms with Gasteiger partial charge in [0, 0.05) is 0 Å². The third-order valence-electron chi connectivity index (χ3n) is 2.04. The highest BCUT2D eigenvalue weighted by Crippen LogP contribution is 2.24. The first-order chi connectivity index (χ1) is 6.51. The predicted octanol–water partition coefficient (Wildman–Crippen LogP) is 5.22. The van der Waals surface area contributed by atoms with Gasteiger partial charge in [-0.2, -0.15) is 0 Å². The lowest BCUT2D eigenvalue weighted by molar-refractivity contribution is 0.529. The van der Waals surface area contributed by atoms with Gasteiger partial charge in [0.2, 0.25) is 0 Å². The monoisotopic (exact) mass is 208 g/mol. The quantitative estimate of drug-likeness (QED) is 0.546. The molecule has 0 amide bonds. The largest absolute Gasteiger partial charge is 0.0789 e. The molecule has 0 aromatic rings. The zero-order valence-corrected chi connectivity index (χ0v) is 11.8. The molecule has 0 N–H and O–H groups in total. The van der Waals surface area contributed by atoms with Crippen LogP contribution in [0.1, 0.15) is 55.4 Å². The number of hydrogen-bond acceptors (Lipinski definition) is 0. The molecule has 0 aliphatic carbocycles. The Hall–Kier alpha value is -0.520. The van der Waals surface area contributed by atoms with Gasteiger partial charge in [0.25, 0.3) is 0 Å². The molecule has 0 unspecified atom stereocenters. The van der Waals surface area contributed by atoms with Gasteiger partial charge >= 0.3 is 0 Å². The summed E-state index contributed by atoms with van der Waals surface area (Å²) in [7, 11) is 0. The topological polar surface area (TPSA) is 0 Å². The normalized spacial score (nSPS) is 15.4. The van der Waals surface area contributed by atoms with Gasteiger partial charge in [0.15, 0.2) is 0 Å². The van der Waals surface area contributed by atoms with E-state index in [-0.39, 0.29) is 10.8 Å². The van der Waals surface area contributed by atoms with Crippen molar-refractivity contribution in [3.63, 3.8) is 0 Å². The van der Waals surface area contributed by atoms with Crippen LogP contribution in [0.3, 0.4) is 0 Å². The first-order valence-corrected chi connectivity index (χ1v) is 5.93. The van der Waals surface area contributed by atoms with Crippen molar-refractivity contribution >= 4 is 0 Å². The molecule has 0 spiro atoms. The second-order valence-corrected chi connectivity index (χ2v) is 6.86. The Morgan fingerprint density at radius 1 is 0.867 bits per heavy atom. The molecule has 0 aliphatic heterocycles. The summed E-state index contributed by atoms with van der Waals surface area (Å²) < 4.78 is 0. The predicted molar refractivity (Wildman–Crippen MR) is 71.0 cm³/mol. The van der Waals surface area contributed by atoms with E-state index in [1.807, 2.05) is 0 Å². The van der Waals surface area contributed by atoms with E-state index in [1.54, 1.807) is 0 Å². The summed E-state index contributed by atoms with van der Waals surface area (Å²) in [6.07, 6.45) is 6.96. The van der Waals surface area contributed by atoms with Crippen LogP contribution in [0.25, 0.3) is 0 Å². The van der Waals surface area contributed by atoms with E-state index in [4.69, 9.17) is 0 Å². The number of allylic oxidation sites excluding steroid dienone is 4. The van der Waals surface area contributed by atoms with Crippen LogP contribution in [0.4, 0.5) is 0 Å². The average Bonchev–Trinajstić information content (AvgIpc) is 1.93. The first kappa shape index (κ1) is 14.5. The van der Waals surface area contributed by atoms with Crippen molar-refractivity contribution in [2.75, 3.05) is 0 Å². The molecule has 0 saturated carbocycles. The van der Waals surface area contributed by atoms with Gasteiger partial charge in [-0.3, -0.25) is 0 Å². The standard InChI is InChI=1S/C15H28/c1-12(2)13(11-15(6,7)8)9-10-14(3,4)5/h9-12H,1-8H3. The molecular weight excluding hydrogens is 180 g/mol. The van der Waals surface area contributed by atoms with Crippen molar-refractivity contribution in [2.24, 2.45) is 16.7 Å². The molecule has 0 nitrogen and oxygen atoms in total. The maximum Gasteiger partial charge on any atom is -0.0197 e. The minimum atomic E-state index is 0.266. The van der Waals surface area contributed by atoms with E-state index in [2.05, 4.69) is 73.6 Å². The maximum atomic E-state index is 2.37. The van der Waals surface area contributed by atoms with E-state index in [9.17, 15) is 0 Å². The minimum Gasteiger partial charge on any atom is -0.0789 e. The van der Waals surface area contributed by atoms with Crippen molar-refractivity contribution in [3.8, 4) is 0 Å². The number of hydrogen-bond donors (Lipinski definition) is 0. The zero-order chi connectivity index (χ0) is 12.3. The van der Waals surface area contributed by atoms with Crippen LogP contribution in [-0.4, -0.2) is 0 Å². The fourth-order valence-corrected chi connectivity index (χ4v) is 1.25. The molecule has 0 saturated heterocycles. The molecule has 0 aromatic carbocycles. The first-order valence-electron chi connectivity index (χ1n) is 5.93. The Bertz CT molecular complexity index is 238. The second kappa shape index (κ2) is 5.01. The van der Waals surface area contributed by atoms with Crippen LogP contribution in [0.5, 0.6) is 0 Å². The molecule has 0 heteroatoms. The van der Waals surface area contributed by atoms with Crippen LogP contribution in [0.2, 0.25) is 0 Å². The highest BCUT2D eigenvalue weighted by molar-refractivity contribution is 5.23. The third kappa shape index (κ3) is 8.47. The van der Waals surface area contributed by atoms with Crippen LogP contribution in [-0.2, 0) is 0 Å². The second-order valence-electron chi connectivity index (χ2n) is 6.86. The van der Waals surface area contributed by atoms with E-state index < -0.39 is 0 Å². The summed E-state index contributed by atoms with van der Waals surface area (Å²) in [4.78, 5) is 0. The summed E-state index contributed by atoms with van der Waals surface area (Å²) >= 11 is 0. The van der Waals surface area contributed by atoms with E-state index >= 15 is 0 Å². The Kier molecular flexibility index (Phi) is 4.83. The maximum absolute atomic E-state index is 2.37. The van der Waals surface area contributed by atoms with Crippen molar-refractivity contribution in [3.05, 3.63) is 23.8 Å². The van der Waals surface area contributed by atoms with Crippen LogP contribution >= 0.6 is 0 Å². The molecule has 0 rings (SSSR count). The van der Waals surface area contributed by atoms with Crippen LogP contribution in [0, 0.1) is 16.7 Å². The van der Waals surface area contributed by atoms with E-state index in [0.717, 1.165) is 0 Å². The van der Waals surface area contributed by atoms with Crippen molar-refractivity contribution in [2.45, 2.75) is 55.4 Å². The minimum absolute atomic E-state index is 0.266. The lowest BCUT2D eigenvalue weighted by Crippen LogP contribution is -2.05. The van der Waals surface area contributed by atoms with Crippen molar-refractivity contribution < 1.29 is 0 Å². The average molecular weight is 208 g/mol. The summed E-state index contributed by atoms with van der Waals surface area (Å²) in [5.41, 5.74) is 1.98. The molecule has 0 bridgehead atoms. The molecule has 0 radical (unpaired) electrons. The summed E-state index contributed by atoms with van der Waals surface area (Å²) in [5.74, 6) is 0.600. The molecule has 15 heavy (non-hydrogen) atoms. The Morgan fingerprint density at radius 3 is 1.60 bits per heavy atom. The van der Waals surface area contributed by atoms with Gasteiger partial charge in [-0.05, 0) is 22.3 Å². The third-order valence-corrected chi connectivity index (χ3v) is 2.04. The fraction of sp³-hybridized carbons (Fsp3) is 0.733. The SMILES string of the molecule is CC(C)C(C=CC(C)(C)C)=CC(C)(C)C.